The molecular weight excluding hydrogens is 1360 g/mol. The van der Waals surface area contributed by atoms with Crippen LogP contribution < -0.4 is 9.80 Å². The molecular formula is C75H111BrN8O17. The Bertz CT molecular complexity index is 3390. The van der Waals surface area contributed by atoms with Crippen LogP contribution in [0.4, 0.5) is 40.1 Å². The second-order valence-electron chi connectivity index (χ2n) is 31.9. The summed E-state index contributed by atoms with van der Waals surface area (Å²) in [7, 11) is 2.65. The second kappa shape index (κ2) is 34.3. The van der Waals surface area contributed by atoms with Crippen molar-refractivity contribution in [3.05, 3.63) is 92.5 Å². The van der Waals surface area contributed by atoms with Crippen molar-refractivity contribution in [2.24, 2.45) is 0 Å². The first-order valence-electron chi connectivity index (χ1n) is 34.9. The van der Waals surface area contributed by atoms with Crippen LogP contribution in [0.25, 0.3) is 0 Å². The van der Waals surface area contributed by atoms with E-state index >= 15 is 0 Å². The molecule has 3 atom stereocenters. The number of hydrogen-bond acceptors (Lipinski definition) is 19. The molecule has 0 bridgehead atoms. The molecule has 0 aromatic heterocycles. The number of likely N-dealkylation sites (tertiary alicyclic amines) is 1. The number of carbonyl (C=O) groups excluding carboxylic acids is 9. The zero-order chi connectivity index (χ0) is 75.3. The molecule has 0 radical (unpaired) electrons. The van der Waals surface area contributed by atoms with E-state index in [-0.39, 0.29) is 30.4 Å². The average Bonchev–Trinajstić information content (AvgIpc) is 0.783. The molecule has 0 saturated carbocycles. The topological polar surface area (TPSA) is 253 Å². The number of halogens is 1. The highest BCUT2D eigenvalue weighted by atomic mass is 79.9. The van der Waals surface area contributed by atoms with Gasteiger partial charge in [0.25, 0.3) is 0 Å². The first-order chi connectivity index (χ1) is 46.9. The molecule has 0 unspecified atom stereocenters. The van der Waals surface area contributed by atoms with Gasteiger partial charge in [-0.05, 0) is 195 Å². The van der Waals surface area contributed by atoms with Crippen LogP contribution in [0.5, 0.6) is 0 Å². The summed E-state index contributed by atoms with van der Waals surface area (Å²) >= 11 is 3.50. The molecule has 6 aliphatic heterocycles. The Kier molecular flexibility index (Phi) is 27.8. The zero-order valence-corrected chi connectivity index (χ0v) is 64.9. The lowest BCUT2D eigenvalue weighted by atomic mass is 9.92. The molecule has 6 aliphatic rings. The molecule has 26 heteroatoms. The lowest BCUT2D eigenvalue weighted by Gasteiger charge is -2.40. The van der Waals surface area contributed by atoms with Gasteiger partial charge in [0.2, 0.25) is 0 Å². The molecule has 0 N–H and O–H groups in total. The van der Waals surface area contributed by atoms with E-state index in [0.29, 0.717) is 84.7 Å². The Balaban J connectivity index is 0.000000222. The predicted molar refractivity (Wildman–Crippen MR) is 387 cm³/mol. The van der Waals surface area contributed by atoms with Gasteiger partial charge < -0.3 is 67.2 Å². The summed E-state index contributed by atoms with van der Waals surface area (Å²) in [5.41, 5.74) is 4.85. The summed E-state index contributed by atoms with van der Waals surface area (Å²) in [5.74, 6) is -0.909. The fourth-order valence-corrected chi connectivity index (χ4v) is 12.6. The molecule has 25 nitrogen and oxygen atoms in total. The van der Waals surface area contributed by atoms with E-state index in [2.05, 4.69) is 25.7 Å². The summed E-state index contributed by atoms with van der Waals surface area (Å²) < 4.78 is 43.5. The fraction of sp³-hybridized carbons (Fsp3) is 0.640. The van der Waals surface area contributed by atoms with Gasteiger partial charge in [0.05, 0.1) is 39.9 Å². The number of esters is 2. The number of anilines is 2. The van der Waals surface area contributed by atoms with Crippen LogP contribution in [-0.4, -0.2) is 216 Å². The first-order valence-corrected chi connectivity index (χ1v) is 35.7. The van der Waals surface area contributed by atoms with Crippen molar-refractivity contribution in [1.29, 1.82) is 0 Å². The zero-order valence-electron chi connectivity index (χ0n) is 63.3. The molecule has 3 saturated heterocycles. The molecule has 0 aliphatic carbocycles. The van der Waals surface area contributed by atoms with E-state index in [0.717, 1.165) is 81.4 Å². The van der Waals surface area contributed by atoms with E-state index < -0.39 is 76.3 Å². The number of methoxy groups -OCH3 is 2. The second-order valence-corrected chi connectivity index (χ2v) is 32.7. The smallest absolute Gasteiger partial charge is 0.411 e. The minimum Gasteiger partial charge on any atom is -0.467 e. The number of piperazine rings is 2. The van der Waals surface area contributed by atoms with Gasteiger partial charge in [0.1, 0.15) is 52.0 Å². The van der Waals surface area contributed by atoms with E-state index in [1.165, 1.54) is 35.3 Å². The van der Waals surface area contributed by atoms with E-state index in [1.807, 2.05) is 138 Å². The molecule has 3 fully saturated rings. The molecule has 560 valence electrons. The summed E-state index contributed by atoms with van der Waals surface area (Å²) in [4.78, 5) is 125. The van der Waals surface area contributed by atoms with Crippen LogP contribution in [0.15, 0.2) is 59.1 Å². The maximum atomic E-state index is 12.9. The third-order valence-electron chi connectivity index (χ3n) is 16.6. The number of ether oxygens (including phenoxy) is 8. The van der Waals surface area contributed by atoms with Crippen LogP contribution in [-0.2, 0) is 91.2 Å². The van der Waals surface area contributed by atoms with Crippen LogP contribution >= 0.6 is 15.9 Å². The Morgan fingerprint density at radius 3 is 1.02 bits per heavy atom. The van der Waals surface area contributed by atoms with E-state index in [1.54, 1.807) is 56.2 Å². The van der Waals surface area contributed by atoms with Gasteiger partial charge in [-0.25, -0.2) is 38.4 Å². The van der Waals surface area contributed by atoms with Gasteiger partial charge in [-0.15, -0.1) is 0 Å². The molecule has 101 heavy (non-hydrogen) atoms. The largest absolute Gasteiger partial charge is 0.467 e. The van der Waals surface area contributed by atoms with Gasteiger partial charge in [-0.3, -0.25) is 14.7 Å². The Morgan fingerprint density at radius 2 is 0.673 bits per heavy atom. The van der Waals surface area contributed by atoms with Crippen molar-refractivity contribution in [2.45, 2.75) is 235 Å². The van der Waals surface area contributed by atoms with Crippen molar-refractivity contribution in [3.8, 4) is 0 Å². The number of amides is 6. The Hall–Kier alpha value is -8.03. The highest BCUT2D eigenvalue weighted by molar-refractivity contribution is 9.10. The molecule has 6 heterocycles. The summed E-state index contributed by atoms with van der Waals surface area (Å²) in [6.07, 6.45) is 3.19. The van der Waals surface area contributed by atoms with Gasteiger partial charge in [0, 0.05) is 101 Å². The van der Waals surface area contributed by atoms with Crippen LogP contribution in [0.3, 0.4) is 0 Å². The van der Waals surface area contributed by atoms with Gasteiger partial charge >= 0.3 is 48.5 Å². The molecule has 3 aromatic rings. The SMILES string of the molecule is CC(C)(C)OC(=O)N1CCCCC1.CC(C)(C)OC(=O)N1CCN(c2cccc3c2C[C@H](C=O)N(C(=O)OC(C)(C)C)C3)CC1.COC(=O)[C@H]1Cc2c(Br)cccc2CN1C(=O)OC(C)(C)C.COC(=O)[C@H]1Cc2c(cccc2N2CCN(C(=O)OC(C)(C)C)CC2)CN1C(=O)OC(C)(C)C. The van der Waals surface area contributed by atoms with Crippen molar-refractivity contribution in [3.63, 3.8) is 0 Å². The van der Waals surface area contributed by atoms with Gasteiger partial charge in [-0.1, -0.05) is 52.3 Å². The monoisotopic (exact) mass is 1470 g/mol. The summed E-state index contributed by atoms with van der Waals surface area (Å²) in [6.45, 7) is 40.6. The number of fused-ring (bicyclic) bond motifs is 3. The minimum absolute atomic E-state index is 0.160. The first kappa shape index (κ1) is 81.9. The van der Waals surface area contributed by atoms with Crippen molar-refractivity contribution < 1.29 is 81.0 Å². The lowest BCUT2D eigenvalue weighted by molar-refractivity contribution is -0.148. The number of rotatable bonds is 5. The number of aldehydes is 1. The Morgan fingerprint density at radius 1 is 0.376 bits per heavy atom. The molecule has 6 amide bonds. The number of carbonyl (C=O) groups is 9. The third-order valence-corrected chi connectivity index (χ3v) is 17.4. The average molecular weight is 1480 g/mol. The summed E-state index contributed by atoms with van der Waals surface area (Å²) in [5, 5.41) is 0. The number of benzene rings is 3. The van der Waals surface area contributed by atoms with E-state index in [9.17, 15) is 43.2 Å². The van der Waals surface area contributed by atoms with E-state index in [4.69, 9.17) is 37.9 Å². The number of piperidine rings is 1. The maximum Gasteiger partial charge on any atom is 0.411 e. The molecule has 3 aromatic carbocycles. The van der Waals surface area contributed by atoms with Crippen LogP contribution in [0.1, 0.15) is 177 Å². The van der Waals surface area contributed by atoms with Crippen LogP contribution in [0, 0.1) is 0 Å². The summed E-state index contributed by atoms with van der Waals surface area (Å²) in [6, 6.07) is 15.8. The maximum absolute atomic E-state index is 12.9. The normalized spacial score (nSPS) is 18.7. The Labute approximate surface area is 606 Å². The fourth-order valence-electron chi connectivity index (χ4n) is 12.1. The number of nitrogens with zero attached hydrogens (tertiary/aromatic N) is 8. The predicted octanol–water partition coefficient (Wildman–Crippen LogP) is 12.9. The standard InChI is InChI=1S/C25H37N3O6.C24H35N3O5.C16H20BrNO4.C10H19NO2/c1-24(2,3)33-22(30)27-13-11-26(12-14-27)19-10-8-9-17-16-28(23(31)34-25(4,5)6)20(15-18(17)19)21(29)32-7;1-23(2,3)31-21(29)26-12-10-25(11-13-26)20-9-7-8-17-15-27(18(16-28)14-19(17)20)22(30)32-24(4,5)6;1-16(2,3)22-15(20)18-9-10-6-5-7-12(17)11(10)8-13(18)14(19)21-4;1-10(2,3)13-9(12)11-7-5-4-6-8-11/h8-10,20H,11-16H2,1-7H3;7-9,16,18H,10-15H2,1-6H3;5-7,13H,8-9H2,1-4H3;4-8H2,1-3H3/t20-;18-;13-;/m111./s1. The lowest BCUT2D eigenvalue weighted by Crippen LogP contribution is -2.52. The molecule has 9 rings (SSSR count). The van der Waals surface area contributed by atoms with Crippen molar-refractivity contribution in [2.75, 3.05) is 89.5 Å². The van der Waals surface area contributed by atoms with Gasteiger partial charge in [-0.2, -0.15) is 0 Å². The highest BCUT2D eigenvalue weighted by Crippen LogP contribution is 2.37. The van der Waals surface area contributed by atoms with Crippen LogP contribution in [0.2, 0.25) is 0 Å². The van der Waals surface area contributed by atoms with Gasteiger partial charge in [0.15, 0.2) is 0 Å². The minimum atomic E-state index is -0.767. The number of hydrogen-bond donors (Lipinski definition) is 0. The highest BCUT2D eigenvalue weighted by Gasteiger charge is 2.42. The third kappa shape index (κ3) is 24.6. The van der Waals surface area contributed by atoms with Crippen molar-refractivity contribution >= 4 is 82.1 Å². The van der Waals surface area contributed by atoms with Crippen molar-refractivity contribution in [1.82, 2.24) is 29.4 Å². The molecule has 0 spiro atoms. The quantitative estimate of drug-likeness (QED) is 0.131.